The molecule has 0 amide bonds. The third kappa shape index (κ3) is 6.07. The van der Waals surface area contributed by atoms with Gasteiger partial charge >= 0.3 is 11.9 Å². The number of nitrogens with zero attached hydrogens (tertiary/aromatic N) is 1. The fraction of sp³-hybridized carbons (Fsp3) is 0.167. The van der Waals surface area contributed by atoms with Gasteiger partial charge in [0.1, 0.15) is 5.76 Å². The van der Waals surface area contributed by atoms with Gasteiger partial charge in [0.2, 0.25) is 0 Å². The van der Waals surface area contributed by atoms with Gasteiger partial charge in [0.25, 0.3) is 0 Å². The summed E-state index contributed by atoms with van der Waals surface area (Å²) in [5.41, 5.74) is 5.08. The molecule has 3 aromatic rings. The molecule has 0 radical (unpaired) electrons. The lowest BCUT2D eigenvalue weighted by atomic mass is 10.1. The van der Waals surface area contributed by atoms with Gasteiger partial charge in [-0.2, -0.15) is 0 Å². The van der Waals surface area contributed by atoms with Crippen LogP contribution in [0.2, 0.25) is 0 Å². The van der Waals surface area contributed by atoms with Gasteiger partial charge in [0.15, 0.2) is 0 Å². The number of hydrogen-bond donors (Lipinski definition) is 3. The monoisotopic (exact) mass is 420 g/mol. The lowest BCUT2D eigenvalue weighted by molar-refractivity contribution is -0.159. The standard InChI is InChI=1S/C22H22N2O.C2H2O4/c1-3-10-21-18(7-1)12-13-19-8-2-4-11-22(19)24(21)15-6-14-23-17-20-9-5-16-25-20;3-1(4)2(5)6/h1-5,7-13,16,23H,6,14-15,17H2;(H,3,4)(H,5,6). The molecule has 0 fully saturated rings. The third-order valence-electron chi connectivity index (χ3n) is 4.70. The van der Waals surface area contributed by atoms with E-state index in [1.54, 1.807) is 6.26 Å². The van der Waals surface area contributed by atoms with Gasteiger partial charge in [-0.15, -0.1) is 0 Å². The number of nitrogens with one attached hydrogen (secondary N) is 1. The lowest BCUT2D eigenvalue weighted by Crippen LogP contribution is -2.24. The Balaban J connectivity index is 0.000000401. The quantitative estimate of drug-likeness (QED) is 0.405. The maximum atomic E-state index is 9.10. The predicted octanol–water partition coefficient (Wildman–Crippen LogP) is 4.24. The number of hydrogen-bond acceptors (Lipinski definition) is 5. The van der Waals surface area contributed by atoms with Gasteiger partial charge in [-0.1, -0.05) is 48.6 Å². The summed E-state index contributed by atoms with van der Waals surface area (Å²) in [5.74, 6) is -2.67. The SMILES string of the molecule is C1=Cc2ccccc2N(CCCNCc2ccco2)c2ccccc21.O=C(O)C(=O)O. The Morgan fingerprint density at radius 1 is 0.839 bits per heavy atom. The van der Waals surface area contributed by atoms with Crippen LogP contribution in [0.4, 0.5) is 11.4 Å². The molecule has 2 aromatic carbocycles. The van der Waals surface area contributed by atoms with Crippen molar-refractivity contribution in [2.75, 3.05) is 18.0 Å². The van der Waals surface area contributed by atoms with E-state index < -0.39 is 11.9 Å². The molecule has 1 aromatic heterocycles. The summed E-state index contributed by atoms with van der Waals surface area (Å²) in [5, 5.41) is 18.2. The van der Waals surface area contributed by atoms with Crippen molar-refractivity contribution in [3.8, 4) is 0 Å². The van der Waals surface area contributed by atoms with E-state index in [0.29, 0.717) is 0 Å². The second-order valence-electron chi connectivity index (χ2n) is 6.82. The van der Waals surface area contributed by atoms with Gasteiger partial charge < -0.3 is 24.8 Å². The lowest BCUT2D eigenvalue weighted by Gasteiger charge is -2.27. The second kappa shape index (κ2) is 10.8. The van der Waals surface area contributed by atoms with Crippen LogP contribution >= 0.6 is 0 Å². The molecule has 0 atom stereocenters. The Labute approximate surface area is 180 Å². The molecule has 7 heteroatoms. The molecule has 2 heterocycles. The van der Waals surface area contributed by atoms with E-state index in [9.17, 15) is 0 Å². The summed E-state index contributed by atoms with van der Waals surface area (Å²) >= 11 is 0. The zero-order chi connectivity index (χ0) is 22.1. The zero-order valence-corrected chi connectivity index (χ0v) is 16.9. The van der Waals surface area contributed by atoms with E-state index in [-0.39, 0.29) is 0 Å². The van der Waals surface area contributed by atoms with Crippen LogP contribution in [0.15, 0.2) is 71.3 Å². The van der Waals surface area contributed by atoms with Crippen LogP contribution in [-0.4, -0.2) is 35.2 Å². The highest BCUT2D eigenvalue weighted by Crippen LogP contribution is 2.35. The average molecular weight is 420 g/mol. The molecule has 1 aliphatic rings. The minimum Gasteiger partial charge on any atom is -0.473 e. The molecule has 160 valence electrons. The molecule has 0 bridgehead atoms. The number of carboxylic acid groups (broad SMARTS) is 2. The number of benzene rings is 2. The van der Waals surface area contributed by atoms with Crippen molar-refractivity contribution in [2.24, 2.45) is 0 Å². The molecule has 4 rings (SSSR count). The van der Waals surface area contributed by atoms with E-state index in [4.69, 9.17) is 24.2 Å². The van der Waals surface area contributed by atoms with Crippen LogP contribution in [0.5, 0.6) is 0 Å². The number of anilines is 2. The summed E-state index contributed by atoms with van der Waals surface area (Å²) in [6.45, 7) is 2.71. The highest BCUT2D eigenvalue weighted by molar-refractivity contribution is 6.27. The number of carbonyl (C=O) groups is 2. The molecule has 0 saturated carbocycles. The normalized spacial score (nSPS) is 11.5. The van der Waals surface area contributed by atoms with Crippen molar-refractivity contribution >= 4 is 35.5 Å². The molecule has 0 aliphatic carbocycles. The molecular formula is C24H24N2O5. The van der Waals surface area contributed by atoms with Gasteiger partial charge in [0.05, 0.1) is 12.8 Å². The fourth-order valence-corrected chi connectivity index (χ4v) is 3.29. The Morgan fingerprint density at radius 2 is 1.42 bits per heavy atom. The zero-order valence-electron chi connectivity index (χ0n) is 16.9. The number of furan rings is 1. The first-order valence-corrected chi connectivity index (χ1v) is 9.89. The van der Waals surface area contributed by atoms with Crippen molar-refractivity contribution in [1.82, 2.24) is 5.32 Å². The van der Waals surface area contributed by atoms with Crippen molar-refractivity contribution in [3.63, 3.8) is 0 Å². The van der Waals surface area contributed by atoms with Crippen molar-refractivity contribution < 1.29 is 24.2 Å². The molecule has 0 spiro atoms. The van der Waals surface area contributed by atoms with Gasteiger partial charge in [-0.3, -0.25) is 0 Å². The summed E-state index contributed by atoms with van der Waals surface area (Å²) in [4.78, 5) is 20.6. The smallest absolute Gasteiger partial charge is 0.414 e. The molecule has 0 unspecified atom stereocenters. The topological polar surface area (TPSA) is 103 Å². The highest BCUT2D eigenvalue weighted by atomic mass is 16.4. The number of fused-ring (bicyclic) bond motifs is 2. The van der Waals surface area contributed by atoms with Crippen LogP contribution in [-0.2, 0) is 16.1 Å². The van der Waals surface area contributed by atoms with Gasteiger partial charge in [-0.05, 0) is 48.4 Å². The van der Waals surface area contributed by atoms with E-state index >= 15 is 0 Å². The first-order chi connectivity index (χ1) is 15.1. The number of carboxylic acids is 2. The van der Waals surface area contributed by atoms with Gasteiger partial charge in [-0.25, -0.2) is 9.59 Å². The minimum atomic E-state index is -1.82. The van der Waals surface area contributed by atoms with Crippen LogP contribution in [0.25, 0.3) is 12.2 Å². The van der Waals surface area contributed by atoms with E-state index in [1.165, 1.54) is 22.5 Å². The van der Waals surface area contributed by atoms with E-state index in [0.717, 1.165) is 31.8 Å². The summed E-state index contributed by atoms with van der Waals surface area (Å²) in [6.07, 6.45) is 7.20. The average Bonchev–Trinajstić information content (AvgIpc) is 3.24. The first-order valence-electron chi connectivity index (χ1n) is 9.89. The Morgan fingerprint density at radius 3 is 1.94 bits per heavy atom. The van der Waals surface area contributed by atoms with E-state index in [2.05, 4.69) is 70.9 Å². The number of rotatable bonds is 6. The molecule has 3 N–H and O–H groups in total. The molecule has 0 saturated heterocycles. The Hall–Kier alpha value is -3.84. The molecule has 7 nitrogen and oxygen atoms in total. The third-order valence-corrected chi connectivity index (χ3v) is 4.70. The Bertz CT molecular complexity index is 982. The van der Waals surface area contributed by atoms with Crippen molar-refractivity contribution in [2.45, 2.75) is 13.0 Å². The van der Waals surface area contributed by atoms with Crippen LogP contribution in [0.3, 0.4) is 0 Å². The Kier molecular flexibility index (Phi) is 7.61. The first kappa shape index (κ1) is 21.9. The predicted molar refractivity (Wildman–Crippen MR) is 119 cm³/mol. The molecule has 31 heavy (non-hydrogen) atoms. The van der Waals surface area contributed by atoms with Crippen LogP contribution < -0.4 is 10.2 Å². The summed E-state index contributed by atoms with van der Waals surface area (Å²) in [7, 11) is 0. The van der Waals surface area contributed by atoms with Gasteiger partial charge in [0, 0.05) is 17.9 Å². The van der Waals surface area contributed by atoms with E-state index in [1.807, 2.05) is 12.1 Å². The van der Waals surface area contributed by atoms with Crippen LogP contribution in [0, 0.1) is 0 Å². The van der Waals surface area contributed by atoms with Crippen LogP contribution in [0.1, 0.15) is 23.3 Å². The molecular weight excluding hydrogens is 396 g/mol. The molecule has 1 aliphatic heterocycles. The maximum absolute atomic E-state index is 9.10. The van der Waals surface area contributed by atoms with Crippen molar-refractivity contribution in [3.05, 3.63) is 83.8 Å². The number of para-hydroxylation sites is 2. The maximum Gasteiger partial charge on any atom is 0.414 e. The summed E-state index contributed by atoms with van der Waals surface area (Å²) < 4.78 is 5.36. The minimum absolute atomic E-state index is 0.779. The summed E-state index contributed by atoms with van der Waals surface area (Å²) in [6, 6.07) is 21.1. The number of aliphatic carboxylic acids is 2. The van der Waals surface area contributed by atoms with Crippen molar-refractivity contribution in [1.29, 1.82) is 0 Å². The second-order valence-corrected chi connectivity index (χ2v) is 6.82. The highest BCUT2D eigenvalue weighted by Gasteiger charge is 2.16. The largest absolute Gasteiger partial charge is 0.473 e. The fourth-order valence-electron chi connectivity index (χ4n) is 3.29.